The van der Waals surface area contributed by atoms with Crippen molar-refractivity contribution in [2.75, 3.05) is 26.2 Å². The molecule has 0 aromatic heterocycles. The molecular weight excluding hydrogens is 242 g/mol. The first-order valence-electron chi connectivity index (χ1n) is 7.39. The van der Waals surface area contributed by atoms with E-state index in [-0.39, 0.29) is 23.8 Å². The van der Waals surface area contributed by atoms with Gasteiger partial charge in [0.1, 0.15) is 0 Å². The molecule has 0 saturated carbocycles. The molecule has 2 amide bonds. The van der Waals surface area contributed by atoms with Gasteiger partial charge in [-0.3, -0.25) is 9.59 Å². The molecule has 1 fully saturated rings. The minimum atomic E-state index is 0.0392. The zero-order valence-electron chi connectivity index (χ0n) is 12.4. The van der Waals surface area contributed by atoms with Crippen molar-refractivity contribution in [3.63, 3.8) is 0 Å². The summed E-state index contributed by atoms with van der Waals surface area (Å²) in [5, 5.41) is 6.20. The van der Waals surface area contributed by atoms with Gasteiger partial charge in [0.2, 0.25) is 11.8 Å². The van der Waals surface area contributed by atoms with Crippen molar-refractivity contribution in [2.45, 2.75) is 46.1 Å². The fourth-order valence-electron chi connectivity index (χ4n) is 2.56. The molecule has 2 N–H and O–H groups in total. The van der Waals surface area contributed by atoms with E-state index in [0.29, 0.717) is 13.0 Å². The molecule has 1 aliphatic rings. The Balaban J connectivity index is 2.28. The molecule has 1 rings (SSSR count). The monoisotopic (exact) mass is 269 g/mol. The smallest absolute Gasteiger partial charge is 0.224 e. The van der Waals surface area contributed by atoms with Crippen LogP contribution in [-0.4, -0.2) is 48.9 Å². The maximum atomic E-state index is 12.0. The summed E-state index contributed by atoms with van der Waals surface area (Å²) in [5.74, 6) is 0.226. The molecular formula is C14H27N3O2. The van der Waals surface area contributed by atoms with Crippen LogP contribution in [-0.2, 0) is 9.59 Å². The summed E-state index contributed by atoms with van der Waals surface area (Å²) in [6.45, 7) is 8.87. The number of piperidine rings is 1. The largest absolute Gasteiger partial charge is 0.355 e. The molecule has 0 aromatic rings. The third-order valence-electron chi connectivity index (χ3n) is 3.85. The lowest BCUT2D eigenvalue weighted by molar-refractivity contribution is -0.131. The predicted octanol–water partition coefficient (Wildman–Crippen LogP) is 0.749. The van der Waals surface area contributed by atoms with Gasteiger partial charge in [-0.2, -0.15) is 0 Å². The Bertz CT molecular complexity index is 303. The van der Waals surface area contributed by atoms with E-state index < -0.39 is 0 Å². The zero-order valence-corrected chi connectivity index (χ0v) is 12.4. The van der Waals surface area contributed by atoms with Gasteiger partial charge in [0.25, 0.3) is 0 Å². The number of carbonyl (C=O) groups excluding carboxylic acids is 2. The molecule has 5 nitrogen and oxygen atoms in total. The van der Waals surface area contributed by atoms with Gasteiger partial charge < -0.3 is 15.5 Å². The van der Waals surface area contributed by atoms with Crippen LogP contribution in [0.5, 0.6) is 0 Å². The molecule has 2 atom stereocenters. The van der Waals surface area contributed by atoms with Gasteiger partial charge in [0.05, 0.1) is 5.92 Å². The van der Waals surface area contributed by atoms with Crippen LogP contribution in [0, 0.1) is 5.92 Å². The van der Waals surface area contributed by atoms with E-state index >= 15 is 0 Å². The van der Waals surface area contributed by atoms with E-state index in [1.165, 1.54) is 0 Å². The Morgan fingerprint density at radius 1 is 1.32 bits per heavy atom. The maximum absolute atomic E-state index is 12.0. The van der Waals surface area contributed by atoms with E-state index in [4.69, 9.17) is 0 Å². The lowest BCUT2D eigenvalue weighted by Crippen LogP contribution is -2.47. The third kappa shape index (κ3) is 4.82. The van der Waals surface area contributed by atoms with Gasteiger partial charge >= 0.3 is 0 Å². The van der Waals surface area contributed by atoms with Gasteiger partial charge in [-0.25, -0.2) is 0 Å². The molecule has 0 bridgehead atoms. The average molecular weight is 269 g/mol. The van der Waals surface area contributed by atoms with E-state index in [1.807, 2.05) is 20.8 Å². The second kappa shape index (κ2) is 8.15. The van der Waals surface area contributed by atoms with Crippen LogP contribution in [0.2, 0.25) is 0 Å². The number of rotatable bonds is 6. The molecule has 0 radical (unpaired) electrons. The quantitative estimate of drug-likeness (QED) is 0.748. The van der Waals surface area contributed by atoms with Crippen molar-refractivity contribution in [1.29, 1.82) is 0 Å². The Morgan fingerprint density at radius 2 is 2.00 bits per heavy atom. The number of nitrogens with one attached hydrogen (secondary N) is 2. The average Bonchev–Trinajstić information content (AvgIpc) is 2.40. The Labute approximate surface area is 116 Å². The second-order valence-electron chi connectivity index (χ2n) is 5.10. The highest BCUT2D eigenvalue weighted by molar-refractivity contribution is 5.81. The molecule has 19 heavy (non-hydrogen) atoms. The summed E-state index contributed by atoms with van der Waals surface area (Å²) in [5.41, 5.74) is 0. The molecule has 1 saturated heterocycles. The van der Waals surface area contributed by atoms with Gasteiger partial charge in [-0.15, -0.1) is 0 Å². The van der Waals surface area contributed by atoms with Crippen molar-refractivity contribution in [2.24, 2.45) is 5.92 Å². The molecule has 0 aliphatic carbocycles. The molecule has 0 aromatic carbocycles. The molecule has 1 heterocycles. The second-order valence-corrected chi connectivity index (χ2v) is 5.10. The molecule has 1 aliphatic heterocycles. The van der Waals surface area contributed by atoms with Crippen LogP contribution in [0.15, 0.2) is 0 Å². The first kappa shape index (κ1) is 16.0. The van der Waals surface area contributed by atoms with Crippen molar-refractivity contribution < 1.29 is 9.59 Å². The van der Waals surface area contributed by atoms with E-state index in [0.717, 1.165) is 32.5 Å². The number of carbonyl (C=O) groups is 2. The lowest BCUT2D eigenvalue weighted by Gasteiger charge is -2.29. The highest BCUT2D eigenvalue weighted by Gasteiger charge is 2.27. The van der Waals surface area contributed by atoms with E-state index in [2.05, 4.69) is 10.6 Å². The summed E-state index contributed by atoms with van der Waals surface area (Å²) < 4.78 is 0. The summed E-state index contributed by atoms with van der Waals surface area (Å²) in [4.78, 5) is 25.6. The fourth-order valence-corrected chi connectivity index (χ4v) is 2.56. The standard InChI is InChI=1S/C14H27N3O2/c1-4-17(5-2)13(18)8-10-16-14(19)12-7-6-9-15-11(12)3/h11-12,15H,4-10H2,1-3H3,(H,16,19). The minimum absolute atomic E-state index is 0.0392. The van der Waals surface area contributed by atoms with Crippen LogP contribution >= 0.6 is 0 Å². The highest BCUT2D eigenvalue weighted by Crippen LogP contribution is 2.16. The summed E-state index contributed by atoms with van der Waals surface area (Å²) in [6.07, 6.45) is 2.37. The number of hydrogen-bond donors (Lipinski definition) is 2. The van der Waals surface area contributed by atoms with Crippen LogP contribution in [0.4, 0.5) is 0 Å². The van der Waals surface area contributed by atoms with Gasteiger partial charge in [-0.05, 0) is 40.2 Å². The van der Waals surface area contributed by atoms with E-state index in [1.54, 1.807) is 4.90 Å². The van der Waals surface area contributed by atoms with Crippen molar-refractivity contribution >= 4 is 11.8 Å². The van der Waals surface area contributed by atoms with Crippen LogP contribution in [0.25, 0.3) is 0 Å². The Kier molecular flexibility index (Phi) is 6.84. The number of hydrogen-bond acceptors (Lipinski definition) is 3. The molecule has 110 valence electrons. The van der Waals surface area contributed by atoms with Crippen molar-refractivity contribution in [1.82, 2.24) is 15.5 Å². The molecule has 2 unspecified atom stereocenters. The fraction of sp³-hybridized carbons (Fsp3) is 0.857. The highest BCUT2D eigenvalue weighted by atomic mass is 16.2. The topological polar surface area (TPSA) is 61.4 Å². The van der Waals surface area contributed by atoms with Gasteiger partial charge in [0, 0.05) is 32.1 Å². The van der Waals surface area contributed by atoms with Gasteiger partial charge in [-0.1, -0.05) is 0 Å². The first-order valence-corrected chi connectivity index (χ1v) is 7.39. The van der Waals surface area contributed by atoms with E-state index in [9.17, 15) is 9.59 Å². The first-order chi connectivity index (χ1) is 9.10. The van der Waals surface area contributed by atoms with Crippen molar-refractivity contribution in [3.05, 3.63) is 0 Å². The Morgan fingerprint density at radius 3 is 2.58 bits per heavy atom. The summed E-state index contributed by atoms with van der Waals surface area (Å²) in [6, 6.07) is 0.229. The summed E-state index contributed by atoms with van der Waals surface area (Å²) in [7, 11) is 0. The number of nitrogens with zero attached hydrogens (tertiary/aromatic N) is 1. The predicted molar refractivity (Wildman–Crippen MR) is 75.7 cm³/mol. The van der Waals surface area contributed by atoms with Crippen LogP contribution in [0.1, 0.15) is 40.0 Å². The molecule has 5 heteroatoms. The minimum Gasteiger partial charge on any atom is -0.355 e. The SMILES string of the molecule is CCN(CC)C(=O)CCNC(=O)C1CCCNC1C. The van der Waals surface area contributed by atoms with Crippen LogP contribution < -0.4 is 10.6 Å². The maximum Gasteiger partial charge on any atom is 0.224 e. The number of amides is 2. The zero-order chi connectivity index (χ0) is 14.3. The third-order valence-corrected chi connectivity index (χ3v) is 3.85. The lowest BCUT2D eigenvalue weighted by atomic mass is 9.91. The normalized spacial score (nSPS) is 22.9. The van der Waals surface area contributed by atoms with Crippen LogP contribution in [0.3, 0.4) is 0 Å². The molecule has 0 spiro atoms. The summed E-state index contributed by atoms with van der Waals surface area (Å²) >= 11 is 0. The Hall–Kier alpha value is -1.10. The van der Waals surface area contributed by atoms with Gasteiger partial charge in [0.15, 0.2) is 0 Å². The van der Waals surface area contributed by atoms with Crippen molar-refractivity contribution in [3.8, 4) is 0 Å².